The molecule has 2 heteroatoms. The van der Waals surface area contributed by atoms with Gasteiger partial charge in [-0.25, -0.2) is 0 Å². The number of hydrogen-bond acceptors (Lipinski definition) is 2. The molecule has 1 aliphatic heterocycles. The highest BCUT2D eigenvalue weighted by molar-refractivity contribution is 8.00. The smallest absolute Gasteiger partial charge is 0.0141 e. The molecule has 1 saturated heterocycles. The highest BCUT2D eigenvalue weighted by Crippen LogP contribution is 2.31. The van der Waals surface area contributed by atoms with Gasteiger partial charge in [0.2, 0.25) is 0 Å². The predicted octanol–water partition coefficient (Wildman–Crippen LogP) is 1.09. The Balaban J connectivity index is 2.34. The first-order valence-electron chi connectivity index (χ1n) is 2.97. The number of thioether (sulfide) groups is 1. The molecule has 0 unspecified atom stereocenters. The predicted molar refractivity (Wildman–Crippen MR) is 39.1 cm³/mol. The van der Waals surface area contributed by atoms with Crippen LogP contribution in [0.2, 0.25) is 0 Å². The molecule has 1 rings (SSSR count). The van der Waals surface area contributed by atoms with E-state index in [9.17, 15) is 0 Å². The molecular formula is C6H13NS. The van der Waals surface area contributed by atoms with Gasteiger partial charge in [0.25, 0.3) is 0 Å². The van der Waals surface area contributed by atoms with Crippen LogP contribution in [0.25, 0.3) is 0 Å². The van der Waals surface area contributed by atoms with Crippen LogP contribution >= 0.6 is 11.8 Å². The van der Waals surface area contributed by atoms with Gasteiger partial charge >= 0.3 is 0 Å². The minimum atomic E-state index is 0.0747. The highest BCUT2D eigenvalue weighted by atomic mass is 32.2. The van der Waals surface area contributed by atoms with Gasteiger partial charge < -0.3 is 5.73 Å². The Hall–Kier alpha value is 0.310. The van der Waals surface area contributed by atoms with E-state index < -0.39 is 0 Å². The molecule has 1 heterocycles. The van der Waals surface area contributed by atoms with E-state index in [4.69, 9.17) is 5.73 Å². The Morgan fingerprint density at radius 1 is 1.50 bits per heavy atom. The van der Waals surface area contributed by atoms with Gasteiger partial charge in [0, 0.05) is 5.54 Å². The van der Waals surface area contributed by atoms with E-state index in [1.807, 2.05) is 11.8 Å². The van der Waals surface area contributed by atoms with Crippen LogP contribution < -0.4 is 5.73 Å². The summed E-state index contributed by atoms with van der Waals surface area (Å²) in [6, 6.07) is 0. The summed E-state index contributed by atoms with van der Waals surface area (Å²) < 4.78 is 0. The molecule has 2 N–H and O–H groups in total. The Labute approximate surface area is 55.0 Å². The molecule has 1 fully saturated rings. The van der Waals surface area contributed by atoms with Gasteiger partial charge in [-0.2, -0.15) is 11.8 Å². The molecule has 1 nitrogen and oxygen atoms in total. The van der Waals surface area contributed by atoms with Gasteiger partial charge in [0.1, 0.15) is 0 Å². The zero-order valence-corrected chi connectivity index (χ0v) is 6.29. The average Bonchev–Trinajstić information content (AvgIpc) is 1.16. The molecule has 0 aromatic heterocycles. The SMILES string of the molecule is CC(C)(N)C1CSC1. The summed E-state index contributed by atoms with van der Waals surface area (Å²) in [6.45, 7) is 4.22. The van der Waals surface area contributed by atoms with Crippen LogP contribution in [0.15, 0.2) is 0 Å². The van der Waals surface area contributed by atoms with Crippen molar-refractivity contribution in [3.63, 3.8) is 0 Å². The lowest BCUT2D eigenvalue weighted by Crippen LogP contribution is -2.47. The van der Waals surface area contributed by atoms with Crippen molar-refractivity contribution in [2.24, 2.45) is 11.7 Å². The van der Waals surface area contributed by atoms with Crippen molar-refractivity contribution in [1.29, 1.82) is 0 Å². The molecule has 0 bridgehead atoms. The molecule has 0 aromatic rings. The Kier molecular flexibility index (Phi) is 1.54. The number of hydrogen-bond donors (Lipinski definition) is 1. The zero-order chi connectivity index (χ0) is 6.20. The maximum Gasteiger partial charge on any atom is 0.0141 e. The van der Waals surface area contributed by atoms with Crippen LogP contribution in [0.5, 0.6) is 0 Å². The fourth-order valence-electron chi connectivity index (χ4n) is 0.665. The van der Waals surface area contributed by atoms with Crippen molar-refractivity contribution < 1.29 is 0 Å². The second-order valence-corrected chi connectivity index (χ2v) is 4.13. The summed E-state index contributed by atoms with van der Waals surface area (Å²) >= 11 is 1.99. The first kappa shape index (κ1) is 6.43. The fourth-order valence-corrected chi connectivity index (χ4v) is 2.00. The lowest BCUT2D eigenvalue weighted by atomic mass is 9.91. The summed E-state index contributed by atoms with van der Waals surface area (Å²) in [6.07, 6.45) is 0. The third kappa shape index (κ3) is 1.17. The molecule has 0 aliphatic carbocycles. The highest BCUT2D eigenvalue weighted by Gasteiger charge is 2.30. The Morgan fingerprint density at radius 2 is 2.00 bits per heavy atom. The Morgan fingerprint density at radius 3 is 2.00 bits per heavy atom. The van der Waals surface area contributed by atoms with E-state index in [2.05, 4.69) is 13.8 Å². The zero-order valence-electron chi connectivity index (χ0n) is 5.48. The average molecular weight is 131 g/mol. The fraction of sp³-hybridized carbons (Fsp3) is 1.00. The molecule has 0 radical (unpaired) electrons. The summed E-state index contributed by atoms with van der Waals surface area (Å²) in [5, 5.41) is 0. The van der Waals surface area contributed by atoms with Crippen molar-refractivity contribution in [2.75, 3.05) is 11.5 Å². The molecule has 0 atom stereocenters. The van der Waals surface area contributed by atoms with Gasteiger partial charge in [-0.15, -0.1) is 0 Å². The maximum absolute atomic E-state index is 5.83. The van der Waals surface area contributed by atoms with E-state index in [0.29, 0.717) is 0 Å². The third-order valence-electron chi connectivity index (χ3n) is 1.69. The van der Waals surface area contributed by atoms with Crippen LogP contribution in [-0.4, -0.2) is 17.0 Å². The molecule has 8 heavy (non-hydrogen) atoms. The largest absolute Gasteiger partial charge is 0.325 e. The monoisotopic (exact) mass is 131 g/mol. The second kappa shape index (κ2) is 1.92. The molecule has 0 amide bonds. The quantitative estimate of drug-likeness (QED) is 0.576. The van der Waals surface area contributed by atoms with Crippen molar-refractivity contribution in [3.8, 4) is 0 Å². The second-order valence-electron chi connectivity index (χ2n) is 3.06. The van der Waals surface area contributed by atoms with Crippen LogP contribution in [0.1, 0.15) is 13.8 Å². The number of rotatable bonds is 1. The lowest BCUT2D eigenvalue weighted by molar-refractivity contribution is 0.370. The van der Waals surface area contributed by atoms with Gasteiger partial charge in [-0.1, -0.05) is 0 Å². The topological polar surface area (TPSA) is 26.0 Å². The van der Waals surface area contributed by atoms with Crippen LogP contribution in [0.3, 0.4) is 0 Å². The van der Waals surface area contributed by atoms with Crippen LogP contribution in [-0.2, 0) is 0 Å². The molecule has 0 spiro atoms. The van der Waals surface area contributed by atoms with Crippen LogP contribution in [0, 0.1) is 5.92 Å². The summed E-state index contributed by atoms with van der Waals surface area (Å²) in [5.41, 5.74) is 5.90. The lowest BCUT2D eigenvalue weighted by Gasteiger charge is -2.36. The standard InChI is InChI=1S/C6H13NS/c1-6(2,7)5-3-8-4-5/h5H,3-4,7H2,1-2H3. The third-order valence-corrected chi connectivity index (χ3v) is 2.97. The normalized spacial score (nSPS) is 22.9. The summed E-state index contributed by atoms with van der Waals surface area (Å²) in [4.78, 5) is 0. The molecular weight excluding hydrogens is 118 g/mol. The van der Waals surface area contributed by atoms with Gasteiger partial charge in [-0.05, 0) is 31.3 Å². The Bertz CT molecular complexity index is 81.0. The van der Waals surface area contributed by atoms with E-state index in [-0.39, 0.29) is 5.54 Å². The van der Waals surface area contributed by atoms with E-state index in [0.717, 1.165) is 5.92 Å². The molecule has 1 aliphatic rings. The van der Waals surface area contributed by atoms with Crippen LogP contribution in [0.4, 0.5) is 0 Å². The molecule has 0 aromatic carbocycles. The van der Waals surface area contributed by atoms with Crippen molar-refractivity contribution in [1.82, 2.24) is 0 Å². The van der Waals surface area contributed by atoms with Gasteiger partial charge in [0.05, 0.1) is 0 Å². The summed E-state index contributed by atoms with van der Waals surface area (Å²) in [7, 11) is 0. The first-order chi connectivity index (χ1) is 3.61. The minimum absolute atomic E-state index is 0.0747. The van der Waals surface area contributed by atoms with E-state index in [1.54, 1.807) is 0 Å². The minimum Gasteiger partial charge on any atom is -0.325 e. The number of nitrogens with two attached hydrogens (primary N) is 1. The van der Waals surface area contributed by atoms with Crippen molar-refractivity contribution in [2.45, 2.75) is 19.4 Å². The van der Waals surface area contributed by atoms with E-state index >= 15 is 0 Å². The van der Waals surface area contributed by atoms with Crippen molar-refractivity contribution in [3.05, 3.63) is 0 Å². The molecule has 48 valence electrons. The maximum atomic E-state index is 5.83. The van der Waals surface area contributed by atoms with Crippen molar-refractivity contribution >= 4 is 11.8 Å². The first-order valence-corrected chi connectivity index (χ1v) is 4.13. The summed E-state index contributed by atoms with van der Waals surface area (Å²) in [5.74, 6) is 3.31. The van der Waals surface area contributed by atoms with Gasteiger partial charge in [-0.3, -0.25) is 0 Å². The van der Waals surface area contributed by atoms with E-state index in [1.165, 1.54) is 11.5 Å². The molecule has 0 saturated carbocycles. The van der Waals surface area contributed by atoms with Gasteiger partial charge in [0.15, 0.2) is 0 Å².